The van der Waals surface area contributed by atoms with Gasteiger partial charge in [-0.05, 0) is 42.5 Å². The molecule has 0 amide bonds. The second-order valence-corrected chi connectivity index (χ2v) is 10.2. The normalized spacial score (nSPS) is 11.8. The van der Waals surface area contributed by atoms with E-state index >= 15 is 0 Å². The summed E-state index contributed by atoms with van der Waals surface area (Å²) in [6, 6.07) is 11.2. The van der Waals surface area contributed by atoms with Crippen molar-refractivity contribution >= 4 is 61.6 Å². The molecule has 4 rings (SSSR count). The fraction of sp³-hybridized carbons (Fsp3) is 0. The lowest BCUT2D eigenvalue weighted by Gasteiger charge is -2.04. The average Bonchev–Trinajstić information content (AvgIpc) is 2.99. The molecule has 0 aliphatic carbocycles. The minimum absolute atomic E-state index is 0.0509. The van der Waals surface area contributed by atoms with Crippen molar-refractivity contribution < 1.29 is 48.0 Å². The van der Waals surface area contributed by atoms with Crippen LogP contribution >= 0.6 is 0 Å². The molecule has 0 fully saturated rings. The van der Waals surface area contributed by atoms with Crippen LogP contribution in [0, 0.1) is 20.2 Å². The minimum Gasteiger partial charge on any atom is -0.505 e. The topological polar surface area (TPSA) is 313 Å². The zero-order chi connectivity index (χ0) is 33.8. The van der Waals surface area contributed by atoms with Crippen LogP contribution in [0.2, 0.25) is 0 Å². The fourth-order valence-electron chi connectivity index (χ4n) is 3.49. The van der Waals surface area contributed by atoms with Crippen molar-refractivity contribution in [2.45, 2.75) is 4.90 Å². The summed E-state index contributed by atoms with van der Waals surface area (Å²) in [6.45, 7) is 0. The standard InChI is InChI=1S/C25H16N8O12S/c34-22-11-23(35)19(30-31-20-8-14(32(39)40)9-21(24(20)36)33(41)42)10-18(22)29-28-17-6-3-13(7-16(17)25(37)38)27-26-12-1-4-15(5-2-12)46(43,44)45/h1-11,34-36H,(H,37,38)(H,43,44,45). The van der Waals surface area contributed by atoms with Crippen LogP contribution in [0.4, 0.5) is 45.5 Å². The molecule has 0 bridgehead atoms. The van der Waals surface area contributed by atoms with E-state index in [1.165, 1.54) is 24.3 Å². The third-order valence-corrected chi connectivity index (χ3v) is 6.56. The molecule has 0 aliphatic rings. The summed E-state index contributed by atoms with van der Waals surface area (Å²) in [5.41, 5.74) is -3.67. The number of non-ortho nitro benzene ring substituents is 1. The van der Waals surface area contributed by atoms with Gasteiger partial charge in [0.1, 0.15) is 34.2 Å². The molecule has 0 spiro atoms. The van der Waals surface area contributed by atoms with Crippen molar-refractivity contribution in [3.8, 4) is 17.2 Å². The average molecular weight is 653 g/mol. The number of carboxylic acids is 1. The number of hydrogen-bond donors (Lipinski definition) is 5. The lowest BCUT2D eigenvalue weighted by Crippen LogP contribution is -1.96. The van der Waals surface area contributed by atoms with E-state index < -0.39 is 71.5 Å². The molecule has 234 valence electrons. The number of phenols is 3. The molecule has 0 saturated heterocycles. The van der Waals surface area contributed by atoms with Crippen LogP contribution in [0.15, 0.2) is 102 Å². The molecule has 0 unspecified atom stereocenters. The Labute approximate surface area is 255 Å². The van der Waals surface area contributed by atoms with E-state index in [1.807, 2.05) is 0 Å². The number of hydrogen-bond acceptors (Lipinski definition) is 16. The molecular weight excluding hydrogens is 636 g/mol. The first-order chi connectivity index (χ1) is 21.6. The van der Waals surface area contributed by atoms with Gasteiger partial charge in [-0.3, -0.25) is 24.8 Å². The summed E-state index contributed by atoms with van der Waals surface area (Å²) in [5, 5.41) is 84.9. The van der Waals surface area contributed by atoms with E-state index in [1.54, 1.807) is 0 Å². The van der Waals surface area contributed by atoms with Crippen molar-refractivity contribution in [3.63, 3.8) is 0 Å². The van der Waals surface area contributed by atoms with Crippen molar-refractivity contribution in [1.29, 1.82) is 0 Å². The predicted molar refractivity (Wildman–Crippen MR) is 153 cm³/mol. The Balaban J connectivity index is 1.63. The summed E-state index contributed by atoms with van der Waals surface area (Å²) in [4.78, 5) is 31.7. The van der Waals surface area contributed by atoms with Gasteiger partial charge in [-0.25, -0.2) is 4.79 Å². The third-order valence-electron chi connectivity index (χ3n) is 5.69. The van der Waals surface area contributed by atoms with E-state index in [4.69, 9.17) is 4.55 Å². The SMILES string of the molecule is O=C(O)c1cc(N=Nc2ccc(S(=O)(=O)O)cc2)ccc1N=Nc1cc(N=Nc2cc([N+](=O)[O-])cc([N+](=O)[O-])c2O)c(O)cc1O. The van der Waals surface area contributed by atoms with Gasteiger partial charge in [-0.1, -0.05) is 0 Å². The van der Waals surface area contributed by atoms with E-state index in [0.717, 1.165) is 30.3 Å². The van der Waals surface area contributed by atoms with Gasteiger partial charge in [0.15, 0.2) is 0 Å². The molecular formula is C25H16N8O12S. The summed E-state index contributed by atoms with van der Waals surface area (Å²) in [5.74, 6) is -3.82. The van der Waals surface area contributed by atoms with E-state index in [0.29, 0.717) is 12.1 Å². The Morgan fingerprint density at radius 2 is 1.20 bits per heavy atom. The van der Waals surface area contributed by atoms with Crippen molar-refractivity contribution in [1.82, 2.24) is 0 Å². The maximum Gasteiger partial charge on any atom is 0.338 e. The first-order valence-electron chi connectivity index (χ1n) is 12.1. The first kappa shape index (κ1) is 32.2. The molecule has 0 radical (unpaired) electrons. The summed E-state index contributed by atoms with van der Waals surface area (Å²) in [6.07, 6.45) is 0. The number of rotatable bonds is 10. The number of nitro groups is 2. The highest BCUT2D eigenvalue weighted by Gasteiger charge is 2.24. The van der Waals surface area contributed by atoms with Crippen LogP contribution < -0.4 is 0 Å². The lowest BCUT2D eigenvalue weighted by atomic mass is 10.1. The number of nitro benzene ring substituents is 2. The quantitative estimate of drug-likeness (QED) is 0.0510. The number of aromatic carboxylic acids is 1. The van der Waals surface area contributed by atoms with Crippen molar-refractivity contribution in [3.05, 3.63) is 92.5 Å². The van der Waals surface area contributed by atoms with Gasteiger partial charge < -0.3 is 20.4 Å². The fourth-order valence-corrected chi connectivity index (χ4v) is 3.97. The molecule has 0 atom stereocenters. The largest absolute Gasteiger partial charge is 0.505 e. The van der Waals surface area contributed by atoms with Gasteiger partial charge in [0, 0.05) is 18.2 Å². The van der Waals surface area contributed by atoms with Crippen LogP contribution in [0.3, 0.4) is 0 Å². The Morgan fingerprint density at radius 1 is 0.652 bits per heavy atom. The monoisotopic (exact) mass is 652 g/mol. The molecule has 0 saturated carbocycles. The van der Waals surface area contributed by atoms with Crippen LogP contribution in [0.1, 0.15) is 10.4 Å². The van der Waals surface area contributed by atoms with Gasteiger partial charge in [-0.2, -0.15) is 18.6 Å². The number of azo groups is 3. The van der Waals surface area contributed by atoms with Crippen molar-refractivity contribution in [2.24, 2.45) is 30.7 Å². The maximum atomic E-state index is 11.9. The highest BCUT2D eigenvalue weighted by Crippen LogP contribution is 2.43. The number of nitrogens with zero attached hydrogens (tertiary/aromatic N) is 8. The van der Waals surface area contributed by atoms with Crippen LogP contribution in [-0.4, -0.2) is 49.2 Å². The molecule has 0 aliphatic heterocycles. The number of carboxylic acid groups (broad SMARTS) is 1. The Kier molecular flexibility index (Phi) is 9.00. The number of phenolic OH excluding ortho intramolecular Hbond substituents is 3. The zero-order valence-corrected chi connectivity index (χ0v) is 23.2. The smallest absolute Gasteiger partial charge is 0.338 e. The third kappa shape index (κ3) is 7.42. The Morgan fingerprint density at radius 3 is 1.74 bits per heavy atom. The maximum absolute atomic E-state index is 11.9. The van der Waals surface area contributed by atoms with Gasteiger partial charge in [0.25, 0.3) is 15.8 Å². The van der Waals surface area contributed by atoms with Crippen LogP contribution in [0.25, 0.3) is 0 Å². The van der Waals surface area contributed by atoms with E-state index in [9.17, 15) is 53.9 Å². The molecule has 4 aromatic carbocycles. The number of benzene rings is 4. The van der Waals surface area contributed by atoms with E-state index in [-0.39, 0.29) is 27.6 Å². The molecule has 46 heavy (non-hydrogen) atoms. The highest BCUT2D eigenvalue weighted by molar-refractivity contribution is 7.85. The van der Waals surface area contributed by atoms with E-state index in [2.05, 4.69) is 30.7 Å². The molecule has 20 nitrogen and oxygen atoms in total. The summed E-state index contributed by atoms with van der Waals surface area (Å²) >= 11 is 0. The number of carbonyl (C=O) groups is 1. The molecule has 4 aromatic rings. The number of aromatic hydroxyl groups is 3. The van der Waals surface area contributed by atoms with Crippen molar-refractivity contribution in [2.75, 3.05) is 0 Å². The minimum atomic E-state index is -4.41. The van der Waals surface area contributed by atoms with Gasteiger partial charge in [-0.15, -0.1) is 20.5 Å². The Hall–Kier alpha value is -6.74. The summed E-state index contributed by atoms with van der Waals surface area (Å²) in [7, 11) is -4.41. The molecule has 21 heteroatoms. The van der Waals surface area contributed by atoms with Crippen LogP contribution in [-0.2, 0) is 10.1 Å². The lowest BCUT2D eigenvalue weighted by molar-refractivity contribution is -0.394. The molecule has 5 N–H and O–H groups in total. The molecule has 0 heterocycles. The van der Waals surface area contributed by atoms with Crippen LogP contribution in [0.5, 0.6) is 17.2 Å². The second-order valence-electron chi connectivity index (χ2n) is 8.75. The first-order valence-corrected chi connectivity index (χ1v) is 13.5. The van der Waals surface area contributed by atoms with Gasteiger partial charge >= 0.3 is 11.7 Å². The van der Waals surface area contributed by atoms with Gasteiger partial charge in [0.05, 0.1) is 37.7 Å². The highest BCUT2D eigenvalue weighted by atomic mass is 32.2. The molecule has 0 aromatic heterocycles. The zero-order valence-electron chi connectivity index (χ0n) is 22.4. The predicted octanol–water partition coefficient (Wildman–Crippen LogP) is 6.81. The second kappa shape index (κ2) is 12.9. The van der Waals surface area contributed by atoms with Gasteiger partial charge in [0.2, 0.25) is 5.75 Å². The summed E-state index contributed by atoms with van der Waals surface area (Å²) < 4.78 is 31.3. The Bertz CT molecular complexity index is 2100.